The van der Waals surface area contributed by atoms with Crippen LogP contribution in [0.2, 0.25) is 10.0 Å². The Kier molecular flexibility index (Phi) is 4.96. The zero-order valence-corrected chi connectivity index (χ0v) is 14.1. The zero-order chi connectivity index (χ0) is 16.2. The van der Waals surface area contributed by atoms with E-state index < -0.39 is 0 Å². The van der Waals surface area contributed by atoms with E-state index in [1.165, 1.54) is 4.90 Å². The maximum Gasteiger partial charge on any atom is 0.282 e. The third-order valence-corrected chi connectivity index (χ3v) is 4.18. The van der Waals surface area contributed by atoms with Gasteiger partial charge in [0.1, 0.15) is 6.54 Å². The van der Waals surface area contributed by atoms with Gasteiger partial charge in [-0.05, 0) is 12.1 Å². The number of quaternary nitrogens is 1. The van der Waals surface area contributed by atoms with E-state index in [9.17, 15) is 0 Å². The van der Waals surface area contributed by atoms with E-state index in [-0.39, 0.29) is 0 Å². The molecule has 1 aromatic heterocycles. The molecule has 0 aliphatic rings. The number of hydrogen-bond donors (Lipinski definition) is 1. The second-order valence-electron chi connectivity index (χ2n) is 5.44. The lowest BCUT2D eigenvalue weighted by Gasteiger charge is -2.12. The predicted molar refractivity (Wildman–Crippen MR) is 90.5 cm³/mol. The first kappa shape index (κ1) is 16.0. The monoisotopic (exact) mass is 348 g/mol. The molecular weight excluding hydrogens is 333 g/mol. The van der Waals surface area contributed by atoms with Gasteiger partial charge in [0.15, 0.2) is 6.54 Å². The van der Waals surface area contributed by atoms with Gasteiger partial charge in [0, 0.05) is 11.1 Å². The van der Waals surface area contributed by atoms with Crippen molar-refractivity contribution in [3.63, 3.8) is 0 Å². The van der Waals surface area contributed by atoms with Crippen LogP contribution < -0.4 is 4.90 Å². The molecule has 0 bridgehead atoms. The minimum absolute atomic E-state index is 0.567. The molecule has 0 spiro atoms. The van der Waals surface area contributed by atoms with Crippen LogP contribution in [-0.2, 0) is 13.1 Å². The summed E-state index contributed by atoms with van der Waals surface area (Å²) in [4.78, 5) is 5.66. The van der Waals surface area contributed by atoms with Gasteiger partial charge < -0.3 is 9.42 Å². The second kappa shape index (κ2) is 7.13. The van der Waals surface area contributed by atoms with Gasteiger partial charge in [-0.1, -0.05) is 64.8 Å². The first-order chi connectivity index (χ1) is 11.1. The minimum atomic E-state index is 0.567. The molecule has 1 N–H and O–H groups in total. The maximum absolute atomic E-state index is 6.05. The second-order valence-corrected chi connectivity index (χ2v) is 6.25. The first-order valence-electron chi connectivity index (χ1n) is 7.25. The molecule has 0 aliphatic carbocycles. The Hall–Kier alpha value is -1.88. The van der Waals surface area contributed by atoms with Gasteiger partial charge >= 0.3 is 0 Å². The van der Waals surface area contributed by atoms with Crippen LogP contribution in [0.15, 0.2) is 53.1 Å². The fraction of sp³-hybridized carbons (Fsp3) is 0.176. The molecule has 0 fully saturated rings. The van der Waals surface area contributed by atoms with Crippen LogP contribution >= 0.6 is 23.2 Å². The highest BCUT2D eigenvalue weighted by atomic mass is 35.5. The number of rotatable bonds is 5. The summed E-state index contributed by atoms with van der Waals surface area (Å²) < 4.78 is 5.34. The summed E-state index contributed by atoms with van der Waals surface area (Å²) >= 11 is 12.0. The highest BCUT2D eigenvalue weighted by Gasteiger charge is 2.13. The molecule has 0 saturated carbocycles. The lowest BCUT2D eigenvalue weighted by atomic mass is 10.2. The van der Waals surface area contributed by atoms with Gasteiger partial charge in [-0.25, -0.2) is 0 Å². The van der Waals surface area contributed by atoms with Gasteiger partial charge in [0.2, 0.25) is 5.82 Å². The molecule has 23 heavy (non-hydrogen) atoms. The molecule has 118 valence electrons. The van der Waals surface area contributed by atoms with Crippen molar-refractivity contribution in [3.05, 3.63) is 70.0 Å². The van der Waals surface area contributed by atoms with E-state index in [1.807, 2.05) is 48.5 Å². The van der Waals surface area contributed by atoms with Gasteiger partial charge in [-0.15, -0.1) is 0 Å². The Balaban J connectivity index is 1.65. The number of nitrogens with zero attached hydrogens (tertiary/aromatic N) is 2. The molecular formula is C17H16Cl2N3O+. The van der Waals surface area contributed by atoms with E-state index in [4.69, 9.17) is 27.7 Å². The molecule has 1 atom stereocenters. The molecule has 3 aromatic rings. The van der Waals surface area contributed by atoms with Crippen LogP contribution in [0.1, 0.15) is 11.5 Å². The molecule has 0 radical (unpaired) electrons. The Morgan fingerprint density at radius 2 is 1.78 bits per heavy atom. The summed E-state index contributed by atoms with van der Waals surface area (Å²) in [6.07, 6.45) is 0. The minimum Gasteiger partial charge on any atom is -0.333 e. The molecule has 0 amide bonds. The fourth-order valence-corrected chi connectivity index (χ4v) is 2.67. The predicted octanol–water partition coefficient (Wildman–Crippen LogP) is 3.26. The van der Waals surface area contributed by atoms with Crippen LogP contribution in [0.5, 0.6) is 0 Å². The number of halogens is 2. The van der Waals surface area contributed by atoms with E-state index in [0.29, 0.717) is 28.3 Å². The van der Waals surface area contributed by atoms with Crippen molar-refractivity contribution in [2.75, 3.05) is 7.05 Å². The van der Waals surface area contributed by atoms with Crippen molar-refractivity contribution < 1.29 is 9.42 Å². The molecule has 2 aromatic carbocycles. The highest BCUT2D eigenvalue weighted by Crippen LogP contribution is 2.22. The van der Waals surface area contributed by atoms with Gasteiger partial charge in [-0.3, -0.25) is 0 Å². The first-order valence-corrected chi connectivity index (χ1v) is 8.00. The molecule has 1 heterocycles. The van der Waals surface area contributed by atoms with Crippen molar-refractivity contribution in [3.8, 4) is 11.4 Å². The summed E-state index contributed by atoms with van der Waals surface area (Å²) in [6, 6.07) is 15.5. The van der Waals surface area contributed by atoms with Crippen LogP contribution in [-0.4, -0.2) is 17.2 Å². The summed E-state index contributed by atoms with van der Waals surface area (Å²) in [6.45, 7) is 1.43. The van der Waals surface area contributed by atoms with Crippen LogP contribution in [0.4, 0.5) is 0 Å². The maximum atomic E-state index is 6.05. The van der Waals surface area contributed by atoms with E-state index in [0.717, 1.165) is 17.7 Å². The summed E-state index contributed by atoms with van der Waals surface area (Å²) in [5.41, 5.74) is 2.06. The van der Waals surface area contributed by atoms with Crippen LogP contribution in [0, 0.1) is 0 Å². The molecule has 6 heteroatoms. The van der Waals surface area contributed by atoms with Crippen molar-refractivity contribution >= 4 is 23.2 Å². The topological polar surface area (TPSA) is 43.4 Å². The Bertz CT molecular complexity index is 790. The zero-order valence-electron chi connectivity index (χ0n) is 12.6. The van der Waals surface area contributed by atoms with Crippen LogP contribution in [0.25, 0.3) is 11.4 Å². The number of aromatic nitrogens is 2. The number of hydrogen-bond acceptors (Lipinski definition) is 3. The Morgan fingerprint density at radius 3 is 2.52 bits per heavy atom. The average molecular weight is 349 g/mol. The van der Waals surface area contributed by atoms with Crippen LogP contribution in [0.3, 0.4) is 0 Å². The number of benzene rings is 2. The average Bonchev–Trinajstić information content (AvgIpc) is 3.00. The van der Waals surface area contributed by atoms with Gasteiger partial charge in [0.05, 0.1) is 17.1 Å². The SMILES string of the molecule is C[NH+](Cc1ccc(Cl)c(Cl)c1)Cc1nc(-c2ccccc2)no1. The highest BCUT2D eigenvalue weighted by molar-refractivity contribution is 6.42. The van der Waals surface area contributed by atoms with Crippen molar-refractivity contribution in [1.29, 1.82) is 0 Å². The summed E-state index contributed by atoms with van der Waals surface area (Å²) in [5, 5.41) is 5.17. The molecule has 0 aliphatic heterocycles. The van der Waals surface area contributed by atoms with Gasteiger partial charge in [0.25, 0.3) is 5.89 Å². The quantitative estimate of drug-likeness (QED) is 0.769. The normalized spacial score (nSPS) is 12.3. The van der Waals surface area contributed by atoms with Gasteiger partial charge in [-0.2, -0.15) is 4.98 Å². The van der Waals surface area contributed by atoms with E-state index in [2.05, 4.69) is 17.2 Å². The van der Waals surface area contributed by atoms with E-state index in [1.54, 1.807) is 0 Å². The Labute approximate surface area is 144 Å². The standard InChI is InChI=1S/C17H15Cl2N3O/c1-22(10-12-7-8-14(18)15(19)9-12)11-16-20-17(21-23-16)13-5-3-2-4-6-13/h2-9H,10-11H2,1H3/p+1. The Morgan fingerprint density at radius 1 is 1.00 bits per heavy atom. The fourth-order valence-electron chi connectivity index (χ4n) is 2.35. The van der Waals surface area contributed by atoms with Crippen molar-refractivity contribution in [2.24, 2.45) is 0 Å². The molecule has 4 nitrogen and oxygen atoms in total. The third-order valence-electron chi connectivity index (χ3n) is 3.44. The lowest BCUT2D eigenvalue weighted by molar-refractivity contribution is -0.909. The largest absolute Gasteiger partial charge is 0.333 e. The van der Waals surface area contributed by atoms with Crippen molar-refractivity contribution in [1.82, 2.24) is 10.1 Å². The summed E-state index contributed by atoms with van der Waals surface area (Å²) in [5.74, 6) is 1.23. The smallest absolute Gasteiger partial charge is 0.282 e. The summed E-state index contributed by atoms with van der Waals surface area (Å²) in [7, 11) is 2.06. The van der Waals surface area contributed by atoms with E-state index >= 15 is 0 Å². The third kappa shape index (κ3) is 4.10. The molecule has 1 unspecified atom stereocenters. The number of nitrogens with one attached hydrogen (secondary N) is 1. The molecule has 0 saturated heterocycles. The molecule has 3 rings (SSSR count). The lowest BCUT2D eigenvalue weighted by Crippen LogP contribution is -3.06. The van der Waals surface area contributed by atoms with Crippen molar-refractivity contribution in [2.45, 2.75) is 13.1 Å².